The summed E-state index contributed by atoms with van der Waals surface area (Å²) in [5.74, 6) is 0.480. The van der Waals surface area contributed by atoms with Gasteiger partial charge >= 0.3 is 0 Å². The zero-order chi connectivity index (χ0) is 13.3. The highest BCUT2D eigenvalue weighted by Crippen LogP contribution is 2.20. The average Bonchev–Trinajstić information content (AvgIpc) is 2.24. The minimum absolute atomic E-state index is 0.0373. The fourth-order valence-electron chi connectivity index (χ4n) is 2.96. The van der Waals surface area contributed by atoms with Crippen LogP contribution in [0.15, 0.2) is 0 Å². The van der Waals surface area contributed by atoms with Crippen molar-refractivity contribution in [2.45, 2.75) is 32.2 Å². The number of nitrogens with zero attached hydrogens (tertiary/aromatic N) is 2. The lowest BCUT2D eigenvalue weighted by atomic mass is 9.95. The topological polar surface area (TPSA) is 52.6 Å². The van der Waals surface area contributed by atoms with Crippen LogP contribution in [0.3, 0.4) is 0 Å². The summed E-state index contributed by atoms with van der Waals surface area (Å²) in [7, 11) is 2.11. The van der Waals surface area contributed by atoms with Crippen LogP contribution in [0.2, 0.25) is 0 Å². The Morgan fingerprint density at radius 2 is 2.11 bits per heavy atom. The van der Waals surface area contributed by atoms with E-state index in [0.717, 1.165) is 19.5 Å². The van der Waals surface area contributed by atoms with Crippen LogP contribution in [0.4, 0.5) is 0 Å². The van der Waals surface area contributed by atoms with Crippen LogP contribution in [0.5, 0.6) is 0 Å². The van der Waals surface area contributed by atoms with Gasteiger partial charge in [-0.15, -0.1) is 0 Å². The lowest BCUT2D eigenvalue weighted by Crippen LogP contribution is -2.64. The van der Waals surface area contributed by atoms with Crippen LogP contribution >= 0.6 is 0 Å². The van der Waals surface area contributed by atoms with Crippen LogP contribution < -0.4 is 5.32 Å². The normalized spacial score (nSPS) is 29.3. The van der Waals surface area contributed by atoms with Crippen LogP contribution in [0.1, 0.15) is 26.7 Å². The number of carbonyl (C=O) groups excluding carboxylic acids is 2. The Hall–Kier alpha value is -1.10. The first-order chi connectivity index (χ1) is 8.38. The molecule has 2 rings (SSSR count). The predicted octanol–water partition coefficient (Wildman–Crippen LogP) is 0.0652. The molecular formula is C13H23N3O2. The van der Waals surface area contributed by atoms with Crippen molar-refractivity contribution < 1.29 is 9.59 Å². The third-order valence-corrected chi connectivity index (χ3v) is 3.81. The van der Waals surface area contributed by atoms with Gasteiger partial charge in [0.15, 0.2) is 0 Å². The fraction of sp³-hybridized carbons (Fsp3) is 0.846. The fourth-order valence-corrected chi connectivity index (χ4v) is 2.96. The summed E-state index contributed by atoms with van der Waals surface area (Å²) >= 11 is 0. The van der Waals surface area contributed by atoms with Gasteiger partial charge in [-0.2, -0.15) is 0 Å². The summed E-state index contributed by atoms with van der Waals surface area (Å²) in [5, 5.41) is 2.74. The standard InChI is InChI=1S/C13H23N3O2/c1-13(2)12(18)16(9-11(17)14-13)8-10-5-4-6-15(3)7-10/h10H,4-9H2,1-3H3,(H,14,17). The number of likely N-dealkylation sites (tertiary alicyclic amines) is 1. The first-order valence-corrected chi connectivity index (χ1v) is 6.67. The quantitative estimate of drug-likeness (QED) is 0.757. The van der Waals surface area contributed by atoms with Gasteiger partial charge in [0.05, 0.1) is 6.54 Å². The Bertz CT molecular complexity index is 354. The number of amides is 2. The lowest BCUT2D eigenvalue weighted by Gasteiger charge is -2.40. The third kappa shape index (κ3) is 2.83. The summed E-state index contributed by atoms with van der Waals surface area (Å²) in [6.45, 7) is 6.61. The minimum atomic E-state index is -0.754. The summed E-state index contributed by atoms with van der Waals surface area (Å²) in [6, 6.07) is 0. The molecule has 0 aliphatic carbocycles. The summed E-state index contributed by atoms with van der Waals surface area (Å²) < 4.78 is 0. The molecule has 1 atom stereocenters. The van der Waals surface area contributed by atoms with Gasteiger partial charge in [-0.1, -0.05) is 0 Å². The highest BCUT2D eigenvalue weighted by Gasteiger charge is 2.39. The molecule has 2 aliphatic rings. The van der Waals surface area contributed by atoms with Crippen LogP contribution in [0.25, 0.3) is 0 Å². The van der Waals surface area contributed by atoms with Gasteiger partial charge < -0.3 is 15.1 Å². The number of rotatable bonds is 2. The molecule has 18 heavy (non-hydrogen) atoms. The molecule has 5 nitrogen and oxygen atoms in total. The molecule has 0 radical (unpaired) electrons. The molecule has 0 aromatic heterocycles. The number of carbonyl (C=O) groups is 2. The first kappa shape index (κ1) is 13.3. The monoisotopic (exact) mass is 253 g/mol. The van der Waals surface area contributed by atoms with E-state index < -0.39 is 5.54 Å². The van der Waals surface area contributed by atoms with E-state index in [1.54, 1.807) is 18.7 Å². The molecule has 0 bridgehead atoms. The maximum Gasteiger partial charge on any atom is 0.248 e. The third-order valence-electron chi connectivity index (χ3n) is 3.81. The second-order valence-corrected chi connectivity index (χ2v) is 6.13. The Kier molecular flexibility index (Phi) is 3.61. The van der Waals surface area contributed by atoms with Crippen molar-refractivity contribution in [2.24, 2.45) is 5.92 Å². The summed E-state index contributed by atoms with van der Waals surface area (Å²) in [5.41, 5.74) is -0.754. The van der Waals surface area contributed by atoms with Crippen LogP contribution in [-0.4, -0.2) is 60.4 Å². The summed E-state index contributed by atoms with van der Waals surface area (Å²) in [4.78, 5) is 27.9. The van der Waals surface area contributed by atoms with Gasteiger partial charge in [0.2, 0.25) is 11.8 Å². The molecule has 2 saturated heterocycles. The van der Waals surface area contributed by atoms with Gasteiger partial charge in [0.1, 0.15) is 5.54 Å². The highest BCUT2D eigenvalue weighted by atomic mass is 16.2. The van der Waals surface area contributed by atoms with Crippen LogP contribution in [-0.2, 0) is 9.59 Å². The van der Waals surface area contributed by atoms with E-state index in [0.29, 0.717) is 12.5 Å². The average molecular weight is 253 g/mol. The molecule has 1 N–H and O–H groups in total. The maximum atomic E-state index is 12.2. The number of piperazine rings is 1. The zero-order valence-corrected chi connectivity index (χ0v) is 11.5. The number of nitrogens with one attached hydrogen (secondary N) is 1. The first-order valence-electron chi connectivity index (χ1n) is 6.67. The highest BCUT2D eigenvalue weighted by molar-refractivity contribution is 5.97. The molecule has 2 heterocycles. The zero-order valence-electron chi connectivity index (χ0n) is 11.5. The van der Waals surface area contributed by atoms with E-state index in [9.17, 15) is 9.59 Å². The molecule has 0 aromatic rings. The van der Waals surface area contributed by atoms with E-state index >= 15 is 0 Å². The van der Waals surface area contributed by atoms with E-state index in [1.807, 2.05) is 0 Å². The van der Waals surface area contributed by atoms with Crippen molar-refractivity contribution in [1.29, 1.82) is 0 Å². The molecular weight excluding hydrogens is 230 g/mol. The molecule has 2 aliphatic heterocycles. The molecule has 2 fully saturated rings. The largest absolute Gasteiger partial charge is 0.341 e. The van der Waals surface area contributed by atoms with Gasteiger partial charge in [0.25, 0.3) is 0 Å². The Labute approximate surface area is 108 Å². The lowest BCUT2D eigenvalue weighted by molar-refractivity contribution is -0.149. The molecule has 5 heteroatoms. The van der Waals surface area contributed by atoms with Gasteiger partial charge in [-0.05, 0) is 46.2 Å². The van der Waals surface area contributed by atoms with E-state index in [-0.39, 0.29) is 18.4 Å². The van der Waals surface area contributed by atoms with Crippen LogP contribution in [0, 0.1) is 5.92 Å². The Morgan fingerprint density at radius 1 is 1.39 bits per heavy atom. The number of hydrogen-bond acceptors (Lipinski definition) is 3. The van der Waals surface area contributed by atoms with Gasteiger partial charge in [-0.25, -0.2) is 0 Å². The van der Waals surface area contributed by atoms with Gasteiger partial charge in [0, 0.05) is 13.1 Å². The van der Waals surface area contributed by atoms with E-state index in [2.05, 4.69) is 17.3 Å². The van der Waals surface area contributed by atoms with E-state index in [4.69, 9.17) is 0 Å². The van der Waals surface area contributed by atoms with Gasteiger partial charge in [-0.3, -0.25) is 9.59 Å². The number of piperidine rings is 1. The van der Waals surface area contributed by atoms with Crippen molar-refractivity contribution in [3.63, 3.8) is 0 Å². The minimum Gasteiger partial charge on any atom is -0.341 e. The smallest absolute Gasteiger partial charge is 0.248 e. The SMILES string of the molecule is CN1CCCC(CN2CC(=O)NC(C)(C)C2=O)C1. The number of hydrogen-bond donors (Lipinski definition) is 1. The van der Waals surface area contributed by atoms with Crippen molar-refractivity contribution in [1.82, 2.24) is 15.1 Å². The Balaban J connectivity index is 1.99. The maximum absolute atomic E-state index is 12.2. The molecule has 0 spiro atoms. The predicted molar refractivity (Wildman–Crippen MR) is 69.0 cm³/mol. The summed E-state index contributed by atoms with van der Waals surface area (Å²) in [6.07, 6.45) is 2.33. The van der Waals surface area contributed by atoms with Crippen molar-refractivity contribution >= 4 is 11.8 Å². The van der Waals surface area contributed by atoms with Crippen molar-refractivity contribution in [3.8, 4) is 0 Å². The van der Waals surface area contributed by atoms with E-state index in [1.165, 1.54) is 6.42 Å². The molecule has 2 amide bonds. The van der Waals surface area contributed by atoms with Crippen molar-refractivity contribution in [3.05, 3.63) is 0 Å². The molecule has 102 valence electrons. The molecule has 0 saturated carbocycles. The second kappa shape index (κ2) is 4.88. The molecule has 0 aromatic carbocycles. The molecule has 1 unspecified atom stereocenters. The Morgan fingerprint density at radius 3 is 2.78 bits per heavy atom. The second-order valence-electron chi connectivity index (χ2n) is 6.13. The van der Waals surface area contributed by atoms with Crippen molar-refractivity contribution in [2.75, 3.05) is 33.2 Å².